The van der Waals surface area contributed by atoms with Crippen molar-refractivity contribution in [2.75, 3.05) is 45.4 Å². The molecule has 2 aromatic rings. The lowest BCUT2D eigenvalue weighted by atomic mass is 10.2. The molecule has 0 fully saturated rings. The van der Waals surface area contributed by atoms with E-state index in [1.165, 1.54) is 0 Å². The third kappa shape index (κ3) is 4.88. The van der Waals surface area contributed by atoms with Gasteiger partial charge in [0.05, 0.1) is 25.3 Å². The van der Waals surface area contributed by atoms with Crippen LogP contribution in [0.1, 0.15) is 6.92 Å². The van der Waals surface area contributed by atoms with Crippen LogP contribution in [0.2, 0.25) is 0 Å². The molecule has 0 aliphatic heterocycles. The maximum absolute atomic E-state index is 5.58. The Morgan fingerprint density at radius 1 is 1.00 bits per heavy atom. The molecule has 5 heteroatoms. The second-order valence-corrected chi connectivity index (χ2v) is 4.46. The minimum absolute atomic E-state index is 0.485. The molecule has 1 heterocycles. The normalized spacial score (nSPS) is 10.8. The molecule has 21 heavy (non-hydrogen) atoms. The smallest absolute Gasteiger partial charge is 0.213 e. The molecule has 0 unspecified atom stereocenters. The molecule has 5 nitrogen and oxygen atoms in total. The fraction of sp³-hybridized carbons (Fsp3) is 0.438. The summed E-state index contributed by atoms with van der Waals surface area (Å²) in [7, 11) is 1.90. The van der Waals surface area contributed by atoms with Gasteiger partial charge in [-0.2, -0.15) is 0 Å². The zero-order chi connectivity index (χ0) is 14.9. The van der Waals surface area contributed by atoms with Crippen molar-refractivity contribution in [1.29, 1.82) is 0 Å². The Balaban J connectivity index is 1.80. The van der Waals surface area contributed by atoms with Crippen LogP contribution in [-0.4, -0.2) is 45.1 Å². The maximum Gasteiger partial charge on any atom is 0.213 e. The molecule has 1 N–H and O–H groups in total. The van der Waals surface area contributed by atoms with Crippen molar-refractivity contribution in [3.8, 4) is 5.88 Å². The first-order valence-electron chi connectivity index (χ1n) is 7.20. The van der Waals surface area contributed by atoms with E-state index in [1.54, 1.807) is 0 Å². The van der Waals surface area contributed by atoms with Gasteiger partial charge in [0, 0.05) is 30.8 Å². The Kier molecular flexibility index (Phi) is 6.24. The van der Waals surface area contributed by atoms with Crippen molar-refractivity contribution in [3.05, 3.63) is 30.3 Å². The van der Waals surface area contributed by atoms with Crippen molar-refractivity contribution in [1.82, 2.24) is 4.98 Å². The van der Waals surface area contributed by atoms with Crippen LogP contribution in [0.4, 0.5) is 5.69 Å². The molecule has 0 saturated carbocycles. The average molecular weight is 290 g/mol. The van der Waals surface area contributed by atoms with Gasteiger partial charge in [0.15, 0.2) is 0 Å². The highest BCUT2D eigenvalue weighted by Gasteiger charge is 2.00. The first-order valence-corrected chi connectivity index (χ1v) is 7.20. The molecule has 0 aliphatic rings. The molecular weight excluding hydrogens is 268 g/mol. The summed E-state index contributed by atoms with van der Waals surface area (Å²) in [5, 5.41) is 4.20. The van der Waals surface area contributed by atoms with E-state index in [1.807, 2.05) is 38.2 Å². The first kappa shape index (κ1) is 15.5. The van der Waals surface area contributed by atoms with Crippen LogP contribution in [-0.2, 0) is 9.47 Å². The predicted octanol–water partition coefficient (Wildman–Crippen LogP) is 2.71. The van der Waals surface area contributed by atoms with E-state index in [0.717, 1.165) is 23.2 Å². The molecule has 0 radical (unpaired) electrons. The van der Waals surface area contributed by atoms with E-state index < -0.39 is 0 Å². The third-order valence-electron chi connectivity index (χ3n) is 3.01. The van der Waals surface area contributed by atoms with Gasteiger partial charge >= 0.3 is 0 Å². The number of nitrogens with one attached hydrogen (secondary N) is 1. The molecule has 0 amide bonds. The number of aromatic nitrogens is 1. The summed E-state index contributed by atoms with van der Waals surface area (Å²) in [5.41, 5.74) is 1.99. The van der Waals surface area contributed by atoms with Crippen molar-refractivity contribution in [2.45, 2.75) is 6.92 Å². The van der Waals surface area contributed by atoms with E-state index in [0.29, 0.717) is 32.3 Å². The first-order chi connectivity index (χ1) is 10.3. The highest BCUT2D eigenvalue weighted by Crippen LogP contribution is 2.20. The number of pyridine rings is 1. The maximum atomic E-state index is 5.58. The van der Waals surface area contributed by atoms with Crippen molar-refractivity contribution < 1.29 is 14.2 Å². The van der Waals surface area contributed by atoms with Crippen LogP contribution in [0, 0.1) is 0 Å². The highest BCUT2D eigenvalue weighted by atomic mass is 16.5. The summed E-state index contributed by atoms with van der Waals surface area (Å²) in [6, 6.07) is 9.92. The Morgan fingerprint density at radius 3 is 2.62 bits per heavy atom. The van der Waals surface area contributed by atoms with Crippen LogP contribution in [0.15, 0.2) is 30.3 Å². The summed E-state index contributed by atoms with van der Waals surface area (Å²) in [6.07, 6.45) is 0. The van der Waals surface area contributed by atoms with Gasteiger partial charge in [-0.05, 0) is 31.2 Å². The van der Waals surface area contributed by atoms with E-state index in [9.17, 15) is 0 Å². The number of benzene rings is 1. The molecule has 0 spiro atoms. The van der Waals surface area contributed by atoms with Gasteiger partial charge in [-0.1, -0.05) is 0 Å². The number of hydrogen-bond acceptors (Lipinski definition) is 5. The SMILES string of the molecule is CCOCCOCCOc1ccc2cc(NC)ccc2n1. The van der Waals surface area contributed by atoms with Gasteiger partial charge in [-0.3, -0.25) is 0 Å². The van der Waals surface area contributed by atoms with Crippen LogP contribution in [0.3, 0.4) is 0 Å². The van der Waals surface area contributed by atoms with Crippen LogP contribution in [0.5, 0.6) is 5.88 Å². The zero-order valence-electron chi connectivity index (χ0n) is 12.6. The van der Waals surface area contributed by atoms with Gasteiger partial charge in [-0.25, -0.2) is 4.98 Å². The lowest BCUT2D eigenvalue weighted by Crippen LogP contribution is -2.11. The van der Waals surface area contributed by atoms with Crippen molar-refractivity contribution in [3.63, 3.8) is 0 Å². The molecule has 0 atom stereocenters. The van der Waals surface area contributed by atoms with Gasteiger partial charge < -0.3 is 19.5 Å². The Bertz CT molecular complexity index is 560. The molecule has 1 aromatic heterocycles. The topological polar surface area (TPSA) is 52.6 Å². The lowest BCUT2D eigenvalue weighted by Gasteiger charge is -2.08. The second-order valence-electron chi connectivity index (χ2n) is 4.46. The molecule has 0 aliphatic carbocycles. The van der Waals surface area contributed by atoms with Gasteiger partial charge in [-0.15, -0.1) is 0 Å². The highest BCUT2D eigenvalue weighted by molar-refractivity contribution is 5.82. The Morgan fingerprint density at radius 2 is 1.81 bits per heavy atom. The van der Waals surface area contributed by atoms with Crippen molar-refractivity contribution >= 4 is 16.6 Å². The lowest BCUT2D eigenvalue weighted by molar-refractivity contribution is 0.0399. The predicted molar refractivity (Wildman–Crippen MR) is 84.1 cm³/mol. The van der Waals surface area contributed by atoms with Crippen molar-refractivity contribution in [2.24, 2.45) is 0 Å². The molecule has 0 saturated heterocycles. The molecule has 2 rings (SSSR count). The van der Waals surface area contributed by atoms with Crippen LogP contribution in [0.25, 0.3) is 10.9 Å². The Labute approximate surface area is 125 Å². The van der Waals surface area contributed by atoms with E-state index in [2.05, 4.69) is 16.4 Å². The van der Waals surface area contributed by atoms with E-state index in [-0.39, 0.29) is 0 Å². The number of ether oxygens (including phenoxy) is 3. The minimum atomic E-state index is 0.485. The summed E-state index contributed by atoms with van der Waals surface area (Å²) in [4.78, 5) is 4.47. The average Bonchev–Trinajstić information content (AvgIpc) is 2.53. The summed E-state index contributed by atoms with van der Waals surface area (Å²) < 4.78 is 16.2. The number of anilines is 1. The fourth-order valence-corrected chi connectivity index (χ4v) is 1.91. The standard InChI is InChI=1S/C16H22N2O3/c1-3-19-8-9-20-10-11-21-16-7-4-13-12-14(17-2)5-6-15(13)18-16/h4-7,12,17H,3,8-11H2,1-2H3. The molecular formula is C16H22N2O3. The van der Waals surface area contributed by atoms with Gasteiger partial charge in [0.2, 0.25) is 5.88 Å². The number of nitrogens with zero attached hydrogens (tertiary/aromatic N) is 1. The summed E-state index contributed by atoms with van der Waals surface area (Å²) >= 11 is 0. The van der Waals surface area contributed by atoms with Gasteiger partial charge in [0.25, 0.3) is 0 Å². The van der Waals surface area contributed by atoms with E-state index >= 15 is 0 Å². The quantitative estimate of drug-likeness (QED) is 0.720. The molecule has 0 bridgehead atoms. The van der Waals surface area contributed by atoms with Gasteiger partial charge in [0.1, 0.15) is 6.61 Å². The summed E-state index contributed by atoms with van der Waals surface area (Å²) in [6.45, 7) is 4.92. The molecule has 114 valence electrons. The Hall–Kier alpha value is -1.85. The number of fused-ring (bicyclic) bond motifs is 1. The molecule has 1 aromatic carbocycles. The fourth-order valence-electron chi connectivity index (χ4n) is 1.91. The van der Waals surface area contributed by atoms with Crippen LogP contribution >= 0.6 is 0 Å². The number of hydrogen-bond donors (Lipinski definition) is 1. The third-order valence-corrected chi connectivity index (χ3v) is 3.01. The number of rotatable bonds is 9. The summed E-state index contributed by atoms with van der Waals surface area (Å²) in [5.74, 6) is 0.619. The second kappa shape index (κ2) is 8.44. The van der Waals surface area contributed by atoms with E-state index in [4.69, 9.17) is 14.2 Å². The largest absolute Gasteiger partial charge is 0.475 e. The van der Waals surface area contributed by atoms with Crippen LogP contribution < -0.4 is 10.1 Å². The minimum Gasteiger partial charge on any atom is -0.475 e. The monoisotopic (exact) mass is 290 g/mol. The zero-order valence-corrected chi connectivity index (χ0v) is 12.6.